The van der Waals surface area contributed by atoms with E-state index in [0.717, 1.165) is 11.4 Å². The number of benzene rings is 1. The van der Waals surface area contributed by atoms with Crippen LogP contribution in [0.3, 0.4) is 0 Å². The van der Waals surface area contributed by atoms with E-state index in [4.69, 9.17) is 5.73 Å². The van der Waals surface area contributed by atoms with Gasteiger partial charge in [0.1, 0.15) is 0 Å². The van der Waals surface area contributed by atoms with Gasteiger partial charge in [-0.3, -0.25) is 9.59 Å². The molecule has 2 amide bonds. The standard InChI is InChI=1S/C11H13N3O2/c12-10(15)5-6-14-7-11(16)13-8-3-1-2-4-9(8)14/h1-4H,5-7H2,(H2,12,15)(H,13,16). The number of nitrogens with two attached hydrogens (primary N) is 1. The van der Waals surface area contributed by atoms with Crippen LogP contribution < -0.4 is 16.0 Å². The van der Waals surface area contributed by atoms with Gasteiger partial charge in [0.2, 0.25) is 11.8 Å². The van der Waals surface area contributed by atoms with Gasteiger partial charge < -0.3 is 16.0 Å². The first kappa shape index (κ1) is 10.5. The van der Waals surface area contributed by atoms with E-state index in [9.17, 15) is 9.59 Å². The van der Waals surface area contributed by atoms with Crippen LogP contribution in [0.5, 0.6) is 0 Å². The van der Waals surface area contributed by atoms with Crippen LogP contribution >= 0.6 is 0 Å². The predicted octanol–water partition coefficient (Wildman–Crippen LogP) is 0.321. The number of hydrogen-bond donors (Lipinski definition) is 2. The Labute approximate surface area is 93.2 Å². The Kier molecular flexibility index (Phi) is 2.76. The average molecular weight is 219 g/mol. The van der Waals surface area contributed by atoms with Crippen LogP contribution in [-0.2, 0) is 9.59 Å². The topological polar surface area (TPSA) is 75.4 Å². The van der Waals surface area contributed by atoms with Crippen molar-refractivity contribution in [1.29, 1.82) is 0 Å². The van der Waals surface area contributed by atoms with Crippen molar-refractivity contribution < 1.29 is 9.59 Å². The maximum absolute atomic E-state index is 11.4. The van der Waals surface area contributed by atoms with Gasteiger partial charge in [0.05, 0.1) is 17.9 Å². The number of rotatable bonds is 3. The predicted molar refractivity (Wildman–Crippen MR) is 61.1 cm³/mol. The second-order valence-electron chi connectivity index (χ2n) is 3.70. The Hall–Kier alpha value is -2.04. The summed E-state index contributed by atoms with van der Waals surface area (Å²) in [5.41, 5.74) is 6.81. The van der Waals surface area contributed by atoms with Crippen LogP contribution in [0.4, 0.5) is 11.4 Å². The largest absolute Gasteiger partial charge is 0.370 e. The molecule has 16 heavy (non-hydrogen) atoms. The van der Waals surface area contributed by atoms with Crippen LogP contribution in [0, 0.1) is 0 Å². The molecular weight excluding hydrogens is 206 g/mol. The van der Waals surface area contributed by atoms with Gasteiger partial charge >= 0.3 is 0 Å². The Morgan fingerprint density at radius 3 is 2.94 bits per heavy atom. The lowest BCUT2D eigenvalue weighted by molar-refractivity contribution is -0.118. The van der Waals surface area contributed by atoms with Gasteiger partial charge in [-0.25, -0.2) is 0 Å². The second kappa shape index (κ2) is 4.22. The summed E-state index contributed by atoms with van der Waals surface area (Å²) in [6, 6.07) is 7.50. The minimum Gasteiger partial charge on any atom is -0.370 e. The summed E-state index contributed by atoms with van der Waals surface area (Å²) in [5, 5.41) is 2.78. The molecule has 0 saturated heterocycles. The van der Waals surface area contributed by atoms with Crippen LogP contribution in [0.1, 0.15) is 6.42 Å². The average Bonchev–Trinajstić information content (AvgIpc) is 2.25. The number of amides is 2. The van der Waals surface area contributed by atoms with E-state index in [1.165, 1.54) is 0 Å². The highest BCUT2D eigenvalue weighted by atomic mass is 16.2. The highest BCUT2D eigenvalue weighted by molar-refractivity contribution is 6.01. The van der Waals surface area contributed by atoms with Crippen LogP contribution in [0.25, 0.3) is 0 Å². The molecule has 0 atom stereocenters. The van der Waals surface area contributed by atoms with Crippen LogP contribution in [-0.4, -0.2) is 24.9 Å². The molecule has 0 saturated carbocycles. The lowest BCUT2D eigenvalue weighted by Crippen LogP contribution is -2.39. The van der Waals surface area contributed by atoms with Gasteiger partial charge in [-0.2, -0.15) is 0 Å². The molecule has 1 aliphatic heterocycles. The molecular formula is C11H13N3O2. The van der Waals surface area contributed by atoms with Gasteiger partial charge in [0, 0.05) is 13.0 Å². The minimum absolute atomic E-state index is 0.0665. The summed E-state index contributed by atoms with van der Waals surface area (Å²) in [6.45, 7) is 0.740. The Morgan fingerprint density at radius 2 is 2.19 bits per heavy atom. The number of nitrogens with zero attached hydrogens (tertiary/aromatic N) is 1. The number of primary amides is 1. The molecule has 2 rings (SSSR count). The van der Waals surface area contributed by atoms with Gasteiger partial charge in [0.25, 0.3) is 0 Å². The van der Waals surface area contributed by atoms with Crippen molar-refractivity contribution in [2.45, 2.75) is 6.42 Å². The molecule has 1 aromatic carbocycles. The fourth-order valence-corrected chi connectivity index (χ4v) is 1.75. The van der Waals surface area contributed by atoms with Gasteiger partial charge in [-0.15, -0.1) is 0 Å². The van der Waals surface area contributed by atoms with Gasteiger partial charge in [-0.1, -0.05) is 12.1 Å². The number of para-hydroxylation sites is 2. The summed E-state index contributed by atoms with van der Waals surface area (Å²) in [7, 11) is 0. The summed E-state index contributed by atoms with van der Waals surface area (Å²) in [6.07, 6.45) is 0.252. The van der Waals surface area contributed by atoms with Crippen molar-refractivity contribution >= 4 is 23.2 Å². The third-order valence-corrected chi connectivity index (χ3v) is 2.48. The number of carbonyl (C=O) groups excluding carboxylic acids is 2. The van der Waals surface area contributed by atoms with Crippen molar-refractivity contribution in [3.05, 3.63) is 24.3 Å². The first-order valence-corrected chi connectivity index (χ1v) is 5.09. The maximum Gasteiger partial charge on any atom is 0.243 e. The van der Waals surface area contributed by atoms with Gasteiger partial charge in [0.15, 0.2) is 0 Å². The Bertz CT molecular complexity index is 431. The molecule has 0 bridgehead atoms. The first-order valence-electron chi connectivity index (χ1n) is 5.09. The Morgan fingerprint density at radius 1 is 1.44 bits per heavy atom. The third kappa shape index (κ3) is 2.13. The zero-order valence-corrected chi connectivity index (χ0v) is 8.77. The number of hydrogen-bond acceptors (Lipinski definition) is 3. The third-order valence-electron chi connectivity index (χ3n) is 2.48. The summed E-state index contributed by atoms with van der Waals surface area (Å²) in [5.74, 6) is -0.424. The zero-order chi connectivity index (χ0) is 11.5. The highest BCUT2D eigenvalue weighted by Gasteiger charge is 2.21. The van der Waals surface area contributed by atoms with Crippen molar-refractivity contribution in [3.63, 3.8) is 0 Å². The summed E-state index contributed by atoms with van der Waals surface area (Å²) < 4.78 is 0. The molecule has 1 heterocycles. The number of carbonyl (C=O) groups is 2. The van der Waals surface area contributed by atoms with E-state index in [1.807, 2.05) is 29.2 Å². The molecule has 1 aliphatic rings. The molecule has 0 fully saturated rings. The lowest BCUT2D eigenvalue weighted by Gasteiger charge is -2.30. The quantitative estimate of drug-likeness (QED) is 0.768. The molecule has 0 aromatic heterocycles. The maximum atomic E-state index is 11.4. The molecule has 0 radical (unpaired) electrons. The normalized spacial score (nSPS) is 14.2. The summed E-state index contributed by atoms with van der Waals surface area (Å²) in [4.78, 5) is 24.0. The minimum atomic E-state index is -0.358. The fourth-order valence-electron chi connectivity index (χ4n) is 1.75. The monoisotopic (exact) mass is 219 g/mol. The molecule has 0 aliphatic carbocycles. The molecule has 1 aromatic rings. The van der Waals surface area contributed by atoms with E-state index in [2.05, 4.69) is 5.32 Å². The molecule has 0 spiro atoms. The molecule has 5 nitrogen and oxygen atoms in total. The smallest absolute Gasteiger partial charge is 0.243 e. The highest BCUT2D eigenvalue weighted by Crippen LogP contribution is 2.28. The van der Waals surface area contributed by atoms with Crippen LogP contribution in [0.15, 0.2) is 24.3 Å². The molecule has 84 valence electrons. The number of nitrogens with one attached hydrogen (secondary N) is 1. The fraction of sp³-hybridized carbons (Fsp3) is 0.273. The molecule has 0 unspecified atom stereocenters. The number of fused-ring (bicyclic) bond motifs is 1. The van der Waals surface area contributed by atoms with E-state index < -0.39 is 0 Å². The van der Waals surface area contributed by atoms with Gasteiger partial charge in [-0.05, 0) is 12.1 Å². The SMILES string of the molecule is NC(=O)CCN1CC(=O)Nc2ccccc21. The lowest BCUT2D eigenvalue weighted by atomic mass is 10.2. The first-order chi connectivity index (χ1) is 7.66. The van der Waals surface area contributed by atoms with Crippen LogP contribution in [0.2, 0.25) is 0 Å². The van der Waals surface area contributed by atoms with Crippen molar-refractivity contribution in [2.75, 3.05) is 23.3 Å². The molecule has 3 N–H and O–H groups in total. The number of anilines is 2. The molecule has 5 heteroatoms. The van der Waals surface area contributed by atoms with E-state index in [0.29, 0.717) is 6.54 Å². The van der Waals surface area contributed by atoms with Crippen molar-refractivity contribution in [1.82, 2.24) is 0 Å². The van der Waals surface area contributed by atoms with E-state index >= 15 is 0 Å². The van der Waals surface area contributed by atoms with E-state index in [1.54, 1.807) is 0 Å². The Balaban J connectivity index is 2.20. The van der Waals surface area contributed by atoms with Crippen molar-refractivity contribution in [2.24, 2.45) is 5.73 Å². The van der Waals surface area contributed by atoms with E-state index in [-0.39, 0.29) is 24.8 Å². The summed E-state index contributed by atoms with van der Waals surface area (Å²) >= 11 is 0. The zero-order valence-electron chi connectivity index (χ0n) is 8.77. The van der Waals surface area contributed by atoms with Crippen molar-refractivity contribution in [3.8, 4) is 0 Å². The second-order valence-corrected chi connectivity index (χ2v) is 3.70.